The molecule has 1 rings (SSSR count). The molecule has 0 aliphatic heterocycles. The van der Waals surface area contributed by atoms with E-state index in [9.17, 15) is 9.59 Å². The van der Waals surface area contributed by atoms with Crippen LogP contribution in [-0.4, -0.2) is 22.2 Å². The van der Waals surface area contributed by atoms with Crippen LogP contribution in [0.15, 0.2) is 24.3 Å². The van der Waals surface area contributed by atoms with Crippen LogP contribution >= 0.6 is 0 Å². The van der Waals surface area contributed by atoms with Crippen LogP contribution in [-0.2, 0) is 4.79 Å². The third-order valence-corrected chi connectivity index (χ3v) is 1.91. The van der Waals surface area contributed by atoms with Crippen molar-refractivity contribution in [3.05, 3.63) is 35.4 Å². The maximum atomic E-state index is 10.8. The number of nitrogens with two attached hydrogens (primary N) is 1. The van der Waals surface area contributed by atoms with E-state index in [4.69, 9.17) is 15.9 Å². The molecule has 0 aliphatic rings. The van der Waals surface area contributed by atoms with Crippen LogP contribution in [0.5, 0.6) is 0 Å². The summed E-state index contributed by atoms with van der Waals surface area (Å²) in [6, 6.07) is 4.50. The molecule has 0 saturated carbocycles. The van der Waals surface area contributed by atoms with Gasteiger partial charge in [0.15, 0.2) is 0 Å². The predicted octanol–water partition coefficient (Wildman–Crippen LogP) is 1.45. The first-order chi connectivity index (χ1) is 7.50. The number of nitrogen functional groups attached to an aromatic ring is 1. The van der Waals surface area contributed by atoms with Gasteiger partial charge >= 0.3 is 11.9 Å². The summed E-state index contributed by atoms with van der Waals surface area (Å²) < 4.78 is 0. The summed E-state index contributed by atoms with van der Waals surface area (Å²) in [5.41, 5.74) is 6.27. The summed E-state index contributed by atoms with van der Waals surface area (Å²) in [5, 5.41) is 17.2. The molecule has 0 fully saturated rings. The normalized spacial score (nSPS) is 10.5. The Morgan fingerprint density at radius 1 is 1.31 bits per heavy atom. The highest BCUT2D eigenvalue weighted by atomic mass is 16.4. The Labute approximate surface area is 91.8 Å². The molecule has 0 aromatic heterocycles. The van der Waals surface area contributed by atoms with Crippen molar-refractivity contribution in [1.29, 1.82) is 0 Å². The van der Waals surface area contributed by atoms with E-state index >= 15 is 0 Å². The van der Waals surface area contributed by atoms with Gasteiger partial charge in [-0.15, -0.1) is 0 Å². The number of benzene rings is 1. The zero-order valence-corrected chi connectivity index (χ0v) is 8.38. The number of carboxylic acid groups (broad SMARTS) is 2. The smallest absolute Gasteiger partial charge is 0.337 e. The van der Waals surface area contributed by atoms with E-state index in [0.29, 0.717) is 5.56 Å². The van der Waals surface area contributed by atoms with E-state index in [1.807, 2.05) is 0 Å². The molecule has 0 bridgehead atoms. The Balaban J connectivity index is 2.91. The minimum absolute atomic E-state index is 0.0116. The second-order valence-corrected chi connectivity index (χ2v) is 3.15. The molecule has 16 heavy (non-hydrogen) atoms. The van der Waals surface area contributed by atoms with E-state index in [2.05, 4.69) is 0 Å². The quantitative estimate of drug-likeness (QED) is 0.668. The van der Waals surface area contributed by atoms with Crippen molar-refractivity contribution in [3.8, 4) is 0 Å². The average Bonchev–Trinajstić information content (AvgIpc) is 2.19. The third kappa shape index (κ3) is 3.13. The lowest BCUT2D eigenvalue weighted by Gasteiger charge is -2.01. The minimum Gasteiger partial charge on any atom is -0.481 e. The monoisotopic (exact) mass is 221 g/mol. The number of rotatable bonds is 4. The largest absolute Gasteiger partial charge is 0.481 e. The molecule has 0 atom stereocenters. The number of aromatic carboxylic acids is 1. The van der Waals surface area contributed by atoms with E-state index in [1.54, 1.807) is 12.1 Å². The Bertz CT molecular complexity index is 451. The van der Waals surface area contributed by atoms with Crippen molar-refractivity contribution in [3.63, 3.8) is 0 Å². The molecule has 5 heteroatoms. The fourth-order valence-corrected chi connectivity index (χ4v) is 1.16. The van der Waals surface area contributed by atoms with Crippen molar-refractivity contribution in [2.75, 3.05) is 5.73 Å². The second-order valence-electron chi connectivity index (χ2n) is 3.15. The molecule has 1 aromatic rings. The highest BCUT2D eigenvalue weighted by molar-refractivity contribution is 5.94. The number of aliphatic carboxylic acids is 1. The number of carbonyl (C=O) groups is 2. The Morgan fingerprint density at radius 2 is 2.00 bits per heavy atom. The molecule has 0 amide bonds. The molecule has 0 aliphatic carbocycles. The van der Waals surface area contributed by atoms with Gasteiger partial charge in [0, 0.05) is 5.69 Å². The van der Waals surface area contributed by atoms with Gasteiger partial charge in [-0.3, -0.25) is 4.79 Å². The standard InChI is InChI=1S/C11H11NO4/c12-9-5-4-7(2-1-3-10(13)14)6-8(9)11(15)16/h1-2,4-6H,3,12H2,(H,13,14)(H,15,16). The molecule has 0 spiro atoms. The van der Waals surface area contributed by atoms with Crippen molar-refractivity contribution in [1.82, 2.24) is 0 Å². The first-order valence-electron chi connectivity index (χ1n) is 4.52. The van der Waals surface area contributed by atoms with Gasteiger partial charge in [-0.05, 0) is 17.7 Å². The van der Waals surface area contributed by atoms with Gasteiger partial charge in [0.1, 0.15) is 0 Å². The molecule has 0 saturated heterocycles. The summed E-state index contributed by atoms with van der Waals surface area (Å²) in [4.78, 5) is 21.0. The highest BCUT2D eigenvalue weighted by Gasteiger charge is 2.07. The Morgan fingerprint density at radius 3 is 2.56 bits per heavy atom. The maximum Gasteiger partial charge on any atom is 0.337 e. The fraction of sp³-hybridized carbons (Fsp3) is 0.0909. The minimum atomic E-state index is -1.11. The van der Waals surface area contributed by atoms with Gasteiger partial charge in [0.25, 0.3) is 0 Å². The van der Waals surface area contributed by atoms with Crippen LogP contribution in [0, 0.1) is 0 Å². The van der Waals surface area contributed by atoms with Gasteiger partial charge in [-0.1, -0.05) is 18.2 Å². The van der Waals surface area contributed by atoms with Crippen LogP contribution in [0.25, 0.3) is 6.08 Å². The summed E-state index contributed by atoms with van der Waals surface area (Å²) in [6.07, 6.45) is 2.88. The van der Waals surface area contributed by atoms with Gasteiger partial charge in [0.05, 0.1) is 12.0 Å². The maximum absolute atomic E-state index is 10.8. The number of hydrogen-bond donors (Lipinski definition) is 3. The van der Waals surface area contributed by atoms with E-state index in [1.165, 1.54) is 18.2 Å². The summed E-state index contributed by atoms with van der Waals surface area (Å²) in [5.74, 6) is -2.05. The van der Waals surface area contributed by atoms with Crippen molar-refractivity contribution >= 4 is 23.7 Å². The van der Waals surface area contributed by atoms with Gasteiger partial charge in [-0.25, -0.2) is 4.79 Å². The van der Waals surface area contributed by atoms with Crippen LogP contribution in [0.1, 0.15) is 22.3 Å². The summed E-state index contributed by atoms with van der Waals surface area (Å²) in [7, 11) is 0. The lowest BCUT2D eigenvalue weighted by molar-refractivity contribution is -0.135. The molecule has 0 radical (unpaired) electrons. The number of carboxylic acids is 2. The Kier molecular flexibility index (Phi) is 3.66. The van der Waals surface area contributed by atoms with Crippen molar-refractivity contribution in [2.24, 2.45) is 0 Å². The first-order valence-corrected chi connectivity index (χ1v) is 4.52. The summed E-state index contributed by atoms with van der Waals surface area (Å²) in [6.45, 7) is 0. The van der Waals surface area contributed by atoms with E-state index in [0.717, 1.165) is 0 Å². The van der Waals surface area contributed by atoms with Crippen LogP contribution in [0.3, 0.4) is 0 Å². The molecule has 5 nitrogen and oxygen atoms in total. The SMILES string of the molecule is Nc1ccc(C=CCC(=O)O)cc1C(=O)O. The molecule has 4 N–H and O–H groups in total. The zero-order valence-electron chi connectivity index (χ0n) is 8.38. The number of anilines is 1. The molecule has 1 aromatic carbocycles. The highest BCUT2D eigenvalue weighted by Crippen LogP contribution is 2.15. The van der Waals surface area contributed by atoms with Crippen LogP contribution in [0.4, 0.5) is 5.69 Å². The Hall–Kier alpha value is -2.30. The fourth-order valence-electron chi connectivity index (χ4n) is 1.16. The van der Waals surface area contributed by atoms with Crippen molar-refractivity contribution in [2.45, 2.75) is 6.42 Å². The summed E-state index contributed by atoms with van der Waals surface area (Å²) >= 11 is 0. The third-order valence-electron chi connectivity index (χ3n) is 1.91. The molecule has 0 unspecified atom stereocenters. The lowest BCUT2D eigenvalue weighted by Crippen LogP contribution is -2.02. The van der Waals surface area contributed by atoms with E-state index < -0.39 is 11.9 Å². The van der Waals surface area contributed by atoms with Crippen molar-refractivity contribution < 1.29 is 19.8 Å². The second kappa shape index (κ2) is 4.97. The van der Waals surface area contributed by atoms with Gasteiger partial charge < -0.3 is 15.9 Å². The van der Waals surface area contributed by atoms with Gasteiger partial charge in [0.2, 0.25) is 0 Å². The van der Waals surface area contributed by atoms with Crippen LogP contribution in [0.2, 0.25) is 0 Å². The zero-order chi connectivity index (χ0) is 12.1. The van der Waals surface area contributed by atoms with Gasteiger partial charge in [-0.2, -0.15) is 0 Å². The topological polar surface area (TPSA) is 101 Å². The molecular weight excluding hydrogens is 210 g/mol. The number of hydrogen-bond acceptors (Lipinski definition) is 3. The molecular formula is C11H11NO4. The average molecular weight is 221 g/mol. The predicted molar refractivity (Wildman–Crippen MR) is 59.1 cm³/mol. The van der Waals surface area contributed by atoms with Crippen LogP contribution < -0.4 is 5.73 Å². The molecule has 0 heterocycles. The molecule has 84 valence electrons. The first kappa shape index (κ1) is 11.8. The lowest BCUT2D eigenvalue weighted by atomic mass is 10.1. The van der Waals surface area contributed by atoms with E-state index in [-0.39, 0.29) is 17.7 Å².